The van der Waals surface area contributed by atoms with Crippen molar-refractivity contribution in [1.29, 1.82) is 0 Å². The SMILES string of the molecule is NCCCN(C=O)C(=O)c1n[nH]c2c1COCC2. The van der Waals surface area contributed by atoms with E-state index in [1.54, 1.807) is 0 Å². The number of nitrogens with zero attached hydrogens (tertiary/aromatic N) is 2. The highest BCUT2D eigenvalue weighted by molar-refractivity contribution is 5.99. The second-order valence-corrected chi connectivity index (χ2v) is 4.08. The number of hydrogen-bond donors (Lipinski definition) is 2. The molecule has 0 aromatic carbocycles. The first-order valence-corrected chi connectivity index (χ1v) is 5.88. The molecule has 0 saturated heterocycles. The fourth-order valence-electron chi connectivity index (χ4n) is 1.89. The van der Waals surface area contributed by atoms with Crippen LogP contribution in [0.2, 0.25) is 0 Å². The molecular weight excluding hydrogens is 236 g/mol. The number of nitrogens with one attached hydrogen (secondary N) is 1. The van der Waals surface area contributed by atoms with E-state index in [-0.39, 0.29) is 5.69 Å². The first kappa shape index (κ1) is 12.7. The van der Waals surface area contributed by atoms with Crippen LogP contribution in [0.3, 0.4) is 0 Å². The largest absolute Gasteiger partial charge is 0.376 e. The van der Waals surface area contributed by atoms with Crippen molar-refractivity contribution >= 4 is 12.3 Å². The standard InChI is InChI=1S/C11H16N4O3/c12-3-1-4-15(7-16)11(17)10-8-6-18-5-2-9(8)13-14-10/h7H,1-6,12H2,(H,13,14). The van der Waals surface area contributed by atoms with Gasteiger partial charge in [-0.25, -0.2) is 0 Å². The zero-order valence-corrected chi connectivity index (χ0v) is 10.0. The summed E-state index contributed by atoms with van der Waals surface area (Å²) >= 11 is 0. The lowest BCUT2D eigenvalue weighted by Gasteiger charge is -2.16. The Morgan fingerprint density at radius 2 is 2.44 bits per heavy atom. The fourth-order valence-corrected chi connectivity index (χ4v) is 1.89. The molecule has 0 atom stereocenters. The van der Waals surface area contributed by atoms with Gasteiger partial charge in [0, 0.05) is 24.2 Å². The number of carbonyl (C=O) groups is 2. The zero-order valence-electron chi connectivity index (χ0n) is 10.0. The van der Waals surface area contributed by atoms with Gasteiger partial charge in [0.15, 0.2) is 5.69 Å². The van der Waals surface area contributed by atoms with E-state index in [1.807, 2.05) is 0 Å². The highest BCUT2D eigenvalue weighted by Crippen LogP contribution is 2.19. The minimum absolute atomic E-state index is 0.272. The quantitative estimate of drug-likeness (QED) is 0.683. The summed E-state index contributed by atoms with van der Waals surface area (Å²) in [5.74, 6) is -0.401. The molecule has 1 aromatic heterocycles. The Hall–Kier alpha value is -1.73. The molecule has 98 valence electrons. The van der Waals surface area contributed by atoms with Gasteiger partial charge in [0.1, 0.15) is 0 Å². The molecule has 0 fully saturated rings. The van der Waals surface area contributed by atoms with Gasteiger partial charge in [0.25, 0.3) is 5.91 Å². The van der Waals surface area contributed by atoms with Gasteiger partial charge in [-0.15, -0.1) is 0 Å². The zero-order chi connectivity index (χ0) is 13.0. The third kappa shape index (κ3) is 2.41. The number of aromatic amines is 1. The molecule has 0 spiro atoms. The van der Waals surface area contributed by atoms with Crippen LogP contribution in [0, 0.1) is 0 Å². The average Bonchev–Trinajstić information content (AvgIpc) is 2.83. The van der Waals surface area contributed by atoms with E-state index < -0.39 is 5.91 Å². The molecule has 1 aliphatic heterocycles. The van der Waals surface area contributed by atoms with Gasteiger partial charge in [-0.2, -0.15) is 5.10 Å². The van der Waals surface area contributed by atoms with Crippen LogP contribution in [-0.4, -0.2) is 47.1 Å². The van der Waals surface area contributed by atoms with Crippen molar-refractivity contribution in [3.63, 3.8) is 0 Å². The number of rotatable bonds is 5. The molecule has 2 heterocycles. The van der Waals surface area contributed by atoms with Gasteiger partial charge in [-0.1, -0.05) is 0 Å². The number of amides is 2. The Bertz CT molecular complexity index is 443. The van der Waals surface area contributed by atoms with Crippen LogP contribution in [0.4, 0.5) is 0 Å². The summed E-state index contributed by atoms with van der Waals surface area (Å²) in [5, 5.41) is 6.81. The summed E-state index contributed by atoms with van der Waals surface area (Å²) in [6.07, 6.45) is 1.80. The van der Waals surface area contributed by atoms with Gasteiger partial charge >= 0.3 is 0 Å². The summed E-state index contributed by atoms with van der Waals surface area (Å²) in [5.41, 5.74) is 7.30. The van der Waals surface area contributed by atoms with Crippen molar-refractivity contribution in [2.24, 2.45) is 5.73 Å². The summed E-state index contributed by atoms with van der Waals surface area (Å²) in [6, 6.07) is 0. The lowest BCUT2D eigenvalue weighted by atomic mass is 10.1. The summed E-state index contributed by atoms with van der Waals surface area (Å²) in [7, 11) is 0. The lowest BCUT2D eigenvalue weighted by Crippen LogP contribution is -2.32. The molecule has 7 heteroatoms. The van der Waals surface area contributed by atoms with Gasteiger partial charge in [0.05, 0.1) is 13.2 Å². The number of ether oxygens (including phenoxy) is 1. The summed E-state index contributed by atoms with van der Waals surface area (Å²) < 4.78 is 5.30. The van der Waals surface area contributed by atoms with E-state index in [0.717, 1.165) is 16.2 Å². The highest BCUT2D eigenvalue weighted by Gasteiger charge is 2.25. The van der Waals surface area contributed by atoms with Crippen LogP contribution in [0.15, 0.2) is 0 Å². The second kappa shape index (κ2) is 5.74. The molecule has 0 aliphatic carbocycles. The molecule has 0 bridgehead atoms. The van der Waals surface area contributed by atoms with Crippen molar-refractivity contribution in [3.05, 3.63) is 17.0 Å². The topological polar surface area (TPSA) is 101 Å². The molecule has 1 aliphatic rings. The van der Waals surface area contributed by atoms with E-state index in [0.29, 0.717) is 45.6 Å². The smallest absolute Gasteiger partial charge is 0.281 e. The fraction of sp³-hybridized carbons (Fsp3) is 0.545. The Morgan fingerprint density at radius 1 is 1.61 bits per heavy atom. The number of nitrogens with two attached hydrogens (primary N) is 1. The maximum absolute atomic E-state index is 12.1. The van der Waals surface area contributed by atoms with Crippen LogP contribution in [0.25, 0.3) is 0 Å². The van der Waals surface area contributed by atoms with E-state index in [2.05, 4.69) is 10.2 Å². The van der Waals surface area contributed by atoms with Crippen molar-refractivity contribution in [1.82, 2.24) is 15.1 Å². The van der Waals surface area contributed by atoms with E-state index in [1.165, 1.54) is 0 Å². The van der Waals surface area contributed by atoms with E-state index in [4.69, 9.17) is 10.5 Å². The Kier molecular flexibility index (Phi) is 4.06. The highest BCUT2D eigenvalue weighted by atomic mass is 16.5. The normalized spacial score (nSPS) is 14.1. The predicted octanol–water partition coefficient (Wildman–Crippen LogP) is -0.570. The number of imide groups is 1. The first-order chi connectivity index (χ1) is 8.77. The lowest BCUT2D eigenvalue weighted by molar-refractivity contribution is -0.116. The van der Waals surface area contributed by atoms with Crippen molar-refractivity contribution < 1.29 is 14.3 Å². The minimum Gasteiger partial charge on any atom is -0.376 e. The molecule has 3 N–H and O–H groups in total. The molecule has 1 aromatic rings. The van der Waals surface area contributed by atoms with Gasteiger partial charge < -0.3 is 10.5 Å². The molecular formula is C11H16N4O3. The Balaban J connectivity index is 2.17. The number of hydrogen-bond acceptors (Lipinski definition) is 5. The third-order valence-electron chi connectivity index (χ3n) is 2.89. The van der Waals surface area contributed by atoms with Crippen LogP contribution < -0.4 is 5.73 Å². The molecule has 0 saturated carbocycles. The van der Waals surface area contributed by atoms with Crippen LogP contribution in [-0.2, 0) is 22.6 Å². The van der Waals surface area contributed by atoms with Gasteiger partial charge in [-0.3, -0.25) is 19.6 Å². The molecule has 2 rings (SSSR count). The molecule has 7 nitrogen and oxygen atoms in total. The maximum atomic E-state index is 12.1. The Morgan fingerprint density at radius 3 is 3.17 bits per heavy atom. The van der Waals surface area contributed by atoms with E-state index >= 15 is 0 Å². The molecule has 0 radical (unpaired) electrons. The molecule has 2 amide bonds. The molecule has 0 unspecified atom stereocenters. The number of aromatic nitrogens is 2. The number of fused-ring (bicyclic) bond motifs is 1. The minimum atomic E-state index is -0.401. The second-order valence-electron chi connectivity index (χ2n) is 4.08. The van der Waals surface area contributed by atoms with Crippen LogP contribution in [0.1, 0.15) is 28.2 Å². The van der Waals surface area contributed by atoms with Crippen LogP contribution >= 0.6 is 0 Å². The van der Waals surface area contributed by atoms with Gasteiger partial charge in [0.2, 0.25) is 6.41 Å². The summed E-state index contributed by atoms with van der Waals surface area (Å²) in [6.45, 7) is 1.71. The number of H-pyrrole nitrogens is 1. The first-order valence-electron chi connectivity index (χ1n) is 5.88. The summed E-state index contributed by atoms with van der Waals surface area (Å²) in [4.78, 5) is 24.1. The maximum Gasteiger partial charge on any atom is 0.281 e. The van der Waals surface area contributed by atoms with Crippen molar-refractivity contribution in [2.75, 3.05) is 19.7 Å². The van der Waals surface area contributed by atoms with Crippen molar-refractivity contribution in [3.8, 4) is 0 Å². The monoisotopic (exact) mass is 252 g/mol. The third-order valence-corrected chi connectivity index (χ3v) is 2.89. The van der Waals surface area contributed by atoms with E-state index in [9.17, 15) is 9.59 Å². The van der Waals surface area contributed by atoms with Crippen LogP contribution in [0.5, 0.6) is 0 Å². The molecule has 18 heavy (non-hydrogen) atoms. The Labute approximate surface area is 104 Å². The van der Waals surface area contributed by atoms with Gasteiger partial charge in [-0.05, 0) is 13.0 Å². The van der Waals surface area contributed by atoms with Crippen molar-refractivity contribution in [2.45, 2.75) is 19.4 Å². The number of carbonyl (C=O) groups excluding carboxylic acids is 2. The average molecular weight is 252 g/mol. The predicted molar refractivity (Wildman–Crippen MR) is 62.7 cm³/mol.